The molecule has 0 aliphatic heterocycles. The topological polar surface area (TPSA) is 18.5 Å². The van der Waals surface area contributed by atoms with Gasteiger partial charge in [0.1, 0.15) is 6.29 Å². The van der Waals surface area contributed by atoms with E-state index in [1.165, 1.54) is 0 Å². The summed E-state index contributed by atoms with van der Waals surface area (Å²) in [5.41, 5.74) is 0. The molecule has 0 aliphatic carbocycles. The molecule has 3 radical (unpaired) electrons. The number of hydrogen-bond donors (Lipinski definition) is 0. The molecule has 0 N–H and O–H groups in total. The Morgan fingerprint density at radius 1 is 1.67 bits per heavy atom. The first-order valence-electron chi connectivity index (χ1n) is 1.66. The van der Waals surface area contributed by atoms with Gasteiger partial charge in [0.15, 0.2) is 0 Å². The molecule has 0 spiro atoms. The highest BCUT2D eigenvalue weighted by Crippen LogP contribution is 1.82. The van der Waals surface area contributed by atoms with Crippen molar-refractivity contribution in [2.24, 2.45) is 0 Å². The minimum absolute atomic E-state index is 0.151. The summed E-state index contributed by atoms with van der Waals surface area (Å²) in [4.78, 5) is 0. The summed E-state index contributed by atoms with van der Waals surface area (Å²) in [7, 11) is 4.37. The fourth-order valence-electron chi connectivity index (χ4n) is 0.0481. The summed E-state index contributed by atoms with van der Waals surface area (Å²) in [6.45, 7) is 1.78. The van der Waals surface area contributed by atoms with E-state index in [1.807, 2.05) is 0 Å². The lowest BCUT2D eigenvalue weighted by atomic mass is 10.8. The largest absolute Gasteiger partial charge is 0.394 e. The van der Waals surface area contributed by atoms with E-state index in [0.29, 0.717) is 0 Å². The Bertz CT molecular complexity index is 28.0. The van der Waals surface area contributed by atoms with Crippen LogP contribution in [0.5, 0.6) is 0 Å². The molecule has 0 saturated heterocycles. The molecule has 1 atom stereocenters. The van der Waals surface area contributed by atoms with Crippen LogP contribution in [0, 0.1) is 0 Å². The van der Waals surface area contributed by atoms with E-state index in [9.17, 15) is 0 Å². The van der Waals surface area contributed by atoms with Crippen LogP contribution in [0.3, 0.4) is 0 Å². The lowest BCUT2D eigenvalue weighted by Crippen LogP contribution is -2.06. The molecule has 0 aliphatic rings. The first kappa shape index (κ1) is 6.14. The smallest absolute Gasteiger partial charge is 0.249 e. The van der Waals surface area contributed by atoms with E-state index in [1.54, 1.807) is 14.0 Å². The van der Waals surface area contributed by atoms with Crippen LogP contribution in [0.25, 0.3) is 0 Å². The molecule has 3 heteroatoms. The molecule has 0 heterocycles. The van der Waals surface area contributed by atoms with E-state index in [0.717, 1.165) is 0 Å². The molecule has 0 rings (SSSR count). The zero-order valence-corrected chi connectivity index (χ0v) is 4.89. The fourth-order valence-corrected chi connectivity index (χ4v) is 0.144. The molecule has 0 amide bonds. The van der Waals surface area contributed by atoms with Crippen LogP contribution in [0.15, 0.2) is 0 Å². The zero-order valence-electron chi connectivity index (χ0n) is 3.89. The summed E-state index contributed by atoms with van der Waals surface area (Å²) >= 11 is 0. The van der Waals surface area contributed by atoms with Gasteiger partial charge in [0.05, 0.1) is 0 Å². The Hall–Kier alpha value is 0.137. The molecule has 0 aromatic carbocycles. The van der Waals surface area contributed by atoms with Crippen molar-refractivity contribution in [2.75, 3.05) is 7.11 Å². The third-order valence-electron chi connectivity index (χ3n) is 0.498. The van der Waals surface area contributed by atoms with Crippen molar-refractivity contribution in [3.8, 4) is 0 Å². The molecule has 35 valence electrons. The van der Waals surface area contributed by atoms with E-state index < -0.39 is 0 Å². The normalized spacial score (nSPS) is 14.5. The molecule has 6 heavy (non-hydrogen) atoms. The maximum Gasteiger partial charge on any atom is 0.249 e. The molecule has 0 aromatic heterocycles. The Kier molecular flexibility index (Phi) is 3.41. The Balaban J connectivity index is 2.75. The van der Waals surface area contributed by atoms with Crippen molar-refractivity contribution >= 4 is 10.5 Å². The van der Waals surface area contributed by atoms with E-state index in [4.69, 9.17) is 0 Å². The quantitative estimate of drug-likeness (QED) is 0.364. The van der Waals surface area contributed by atoms with Crippen LogP contribution in [0.4, 0.5) is 0 Å². The number of rotatable bonds is 2. The minimum atomic E-state index is -0.151. The number of hydrogen-bond acceptors (Lipinski definition) is 2. The summed E-state index contributed by atoms with van der Waals surface area (Å²) < 4.78 is 9.11. The highest BCUT2D eigenvalue weighted by atomic mass is 28.2. The number of ether oxygens (including phenoxy) is 1. The van der Waals surface area contributed by atoms with Crippen LogP contribution in [0.1, 0.15) is 6.92 Å². The summed E-state index contributed by atoms with van der Waals surface area (Å²) in [6.07, 6.45) is -0.151. The van der Waals surface area contributed by atoms with Crippen LogP contribution < -0.4 is 0 Å². The third-order valence-corrected chi connectivity index (χ3v) is 0.830. The molecule has 0 bridgehead atoms. The van der Waals surface area contributed by atoms with Gasteiger partial charge in [-0.05, 0) is 6.92 Å². The predicted octanol–water partition coefficient (Wildman–Crippen LogP) is 0.0789. The van der Waals surface area contributed by atoms with Gasteiger partial charge in [-0.25, -0.2) is 0 Å². The Morgan fingerprint density at radius 2 is 2.17 bits per heavy atom. The van der Waals surface area contributed by atoms with Gasteiger partial charge in [0, 0.05) is 7.11 Å². The monoisotopic (exact) mass is 103 g/mol. The Morgan fingerprint density at radius 3 is 2.17 bits per heavy atom. The average Bonchev–Trinajstić information content (AvgIpc) is 1.65. The van der Waals surface area contributed by atoms with E-state index in [-0.39, 0.29) is 6.29 Å². The van der Waals surface area contributed by atoms with Crippen LogP contribution >= 0.6 is 0 Å². The molecular formula is C3H7O2Si. The van der Waals surface area contributed by atoms with E-state index in [2.05, 4.69) is 19.6 Å². The van der Waals surface area contributed by atoms with Gasteiger partial charge in [-0.15, -0.1) is 0 Å². The van der Waals surface area contributed by atoms with Gasteiger partial charge in [-0.2, -0.15) is 0 Å². The van der Waals surface area contributed by atoms with Crippen LogP contribution in [0.2, 0.25) is 0 Å². The van der Waals surface area contributed by atoms with Gasteiger partial charge in [0.2, 0.25) is 10.5 Å². The van der Waals surface area contributed by atoms with Crippen molar-refractivity contribution in [2.45, 2.75) is 13.2 Å². The van der Waals surface area contributed by atoms with Crippen molar-refractivity contribution < 1.29 is 9.16 Å². The fraction of sp³-hybridized carbons (Fsp3) is 1.00. The summed E-state index contributed by atoms with van der Waals surface area (Å²) in [6, 6.07) is 0. The second kappa shape index (κ2) is 3.33. The molecule has 0 aromatic rings. The zero-order chi connectivity index (χ0) is 4.99. The first-order valence-corrected chi connectivity index (χ1v) is 2.07. The number of methoxy groups -OCH3 is 1. The van der Waals surface area contributed by atoms with Gasteiger partial charge >= 0.3 is 0 Å². The second-order valence-corrected chi connectivity index (χ2v) is 1.16. The average molecular weight is 103 g/mol. The lowest BCUT2D eigenvalue weighted by Gasteiger charge is -2.03. The minimum Gasteiger partial charge on any atom is -0.394 e. The maximum absolute atomic E-state index is 4.63. The van der Waals surface area contributed by atoms with Crippen molar-refractivity contribution in [1.29, 1.82) is 0 Å². The SMILES string of the molecule is COC(C)O[Si]. The summed E-state index contributed by atoms with van der Waals surface area (Å²) in [5, 5.41) is 0. The summed E-state index contributed by atoms with van der Waals surface area (Å²) in [5.74, 6) is 0. The highest BCUT2D eigenvalue weighted by molar-refractivity contribution is 5.98. The van der Waals surface area contributed by atoms with Gasteiger partial charge in [-0.3, -0.25) is 0 Å². The third kappa shape index (κ3) is 2.38. The first-order chi connectivity index (χ1) is 2.81. The standard InChI is InChI=1S/C3H7O2Si/c1-3(4-2)5-6/h3H,1-2H3. The van der Waals surface area contributed by atoms with Crippen molar-refractivity contribution in [3.63, 3.8) is 0 Å². The molecular weight excluding hydrogens is 96.1 g/mol. The van der Waals surface area contributed by atoms with Gasteiger partial charge in [-0.1, -0.05) is 0 Å². The molecule has 2 nitrogen and oxygen atoms in total. The maximum atomic E-state index is 4.63. The van der Waals surface area contributed by atoms with E-state index >= 15 is 0 Å². The van der Waals surface area contributed by atoms with Crippen molar-refractivity contribution in [1.82, 2.24) is 0 Å². The molecule has 1 unspecified atom stereocenters. The van der Waals surface area contributed by atoms with Crippen LogP contribution in [-0.2, 0) is 9.16 Å². The lowest BCUT2D eigenvalue weighted by molar-refractivity contribution is -0.0334. The van der Waals surface area contributed by atoms with Crippen LogP contribution in [-0.4, -0.2) is 23.9 Å². The molecule has 0 saturated carbocycles. The van der Waals surface area contributed by atoms with Gasteiger partial charge in [0.25, 0.3) is 0 Å². The Labute approximate surface area is 41.0 Å². The highest BCUT2D eigenvalue weighted by Gasteiger charge is 1.87. The molecule has 0 fully saturated rings. The second-order valence-electron chi connectivity index (χ2n) is 0.921. The van der Waals surface area contributed by atoms with Gasteiger partial charge < -0.3 is 9.16 Å². The predicted molar refractivity (Wildman–Crippen MR) is 23.3 cm³/mol. The van der Waals surface area contributed by atoms with Crippen molar-refractivity contribution in [3.05, 3.63) is 0 Å².